The number of carboxylic acid groups (broad SMARTS) is 1. The van der Waals surface area contributed by atoms with Crippen LogP contribution in [0.5, 0.6) is 0 Å². The Kier molecular flexibility index (Phi) is 3.43. The van der Waals surface area contributed by atoms with Crippen LogP contribution >= 0.6 is 22.6 Å². The number of alkyl halides is 1. The van der Waals surface area contributed by atoms with Crippen molar-refractivity contribution in [2.45, 2.75) is 45.1 Å². The van der Waals surface area contributed by atoms with Gasteiger partial charge in [-0.1, -0.05) is 42.0 Å². The van der Waals surface area contributed by atoms with E-state index >= 15 is 0 Å². The quantitative estimate of drug-likeness (QED) is 0.332. The van der Waals surface area contributed by atoms with Crippen molar-refractivity contribution >= 4 is 34.5 Å². The summed E-state index contributed by atoms with van der Waals surface area (Å²) >= 11 is 2.27. The van der Waals surface area contributed by atoms with Crippen molar-refractivity contribution in [3.05, 3.63) is 12.2 Å². The first kappa shape index (κ1) is 15.3. The van der Waals surface area contributed by atoms with E-state index in [1.807, 2.05) is 19.1 Å². The van der Waals surface area contributed by atoms with E-state index in [0.29, 0.717) is 12.8 Å². The van der Waals surface area contributed by atoms with Crippen molar-refractivity contribution in [2.24, 2.45) is 22.7 Å². The largest absolute Gasteiger partial charge is 0.481 e. The van der Waals surface area contributed by atoms with Gasteiger partial charge in [0.2, 0.25) is 0 Å². The lowest BCUT2D eigenvalue weighted by Crippen LogP contribution is -2.57. The maximum absolute atomic E-state index is 11.9. The fourth-order valence-electron chi connectivity index (χ4n) is 4.97. The van der Waals surface area contributed by atoms with E-state index in [9.17, 15) is 14.7 Å². The highest BCUT2D eigenvalue weighted by molar-refractivity contribution is 14.1. The number of aliphatic carboxylic acids is 1. The number of fused-ring (bicyclic) bond motifs is 3. The van der Waals surface area contributed by atoms with Gasteiger partial charge in [0.15, 0.2) is 0 Å². The first-order valence-corrected chi connectivity index (χ1v) is 9.02. The van der Waals surface area contributed by atoms with Crippen molar-refractivity contribution in [3.8, 4) is 0 Å². The second-order valence-corrected chi connectivity index (χ2v) is 8.00. The van der Waals surface area contributed by atoms with Crippen molar-refractivity contribution < 1.29 is 19.4 Å². The van der Waals surface area contributed by atoms with E-state index < -0.39 is 17.0 Å². The van der Waals surface area contributed by atoms with E-state index in [1.165, 1.54) is 0 Å². The van der Waals surface area contributed by atoms with Gasteiger partial charge < -0.3 is 9.84 Å². The molecule has 0 radical (unpaired) electrons. The first-order valence-electron chi connectivity index (χ1n) is 7.49. The number of esters is 1. The zero-order valence-corrected chi connectivity index (χ0v) is 14.6. The molecule has 0 spiro atoms. The Morgan fingerprint density at radius 3 is 2.81 bits per heavy atom. The van der Waals surface area contributed by atoms with Gasteiger partial charge >= 0.3 is 11.9 Å². The molecule has 3 aliphatic rings. The number of allylic oxidation sites excluding steroid dienone is 1. The molecule has 3 rings (SSSR count). The number of ether oxygens (including phenoxy) is 1. The number of halogens is 1. The fraction of sp³-hybridized carbons (Fsp3) is 0.750. The highest BCUT2D eigenvalue weighted by Crippen LogP contribution is 2.63. The highest BCUT2D eigenvalue weighted by atomic mass is 127. The lowest BCUT2D eigenvalue weighted by atomic mass is 9.47. The van der Waals surface area contributed by atoms with Gasteiger partial charge in [0, 0.05) is 10.3 Å². The molecule has 5 heteroatoms. The SMILES string of the molecule is C[C@]1(C(=O)O)CCC[C@]2(C)C3CC(=O)O[C@@]3(CI)C=C[C@@H]12. The molecule has 2 aliphatic carbocycles. The van der Waals surface area contributed by atoms with Crippen LogP contribution in [0.15, 0.2) is 12.2 Å². The summed E-state index contributed by atoms with van der Waals surface area (Å²) in [7, 11) is 0. The van der Waals surface area contributed by atoms with Crippen LogP contribution in [0.25, 0.3) is 0 Å². The minimum Gasteiger partial charge on any atom is -0.481 e. The van der Waals surface area contributed by atoms with Crippen molar-refractivity contribution in [1.82, 2.24) is 0 Å². The van der Waals surface area contributed by atoms with Crippen LogP contribution in [-0.4, -0.2) is 27.1 Å². The number of carboxylic acids is 1. The summed E-state index contributed by atoms with van der Waals surface area (Å²) in [4.78, 5) is 23.8. The average Bonchev–Trinajstić information content (AvgIpc) is 2.77. The second kappa shape index (κ2) is 4.70. The van der Waals surface area contributed by atoms with E-state index in [-0.39, 0.29) is 23.2 Å². The molecule has 1 saturated carbocycles. The molecule has 1 N–H and O–H groups in total. The van der Waals surface area contributed by atoms with Crippen LogP contribution in [0.3, 0.4) is 0 Å². The Hall–Kier alpha value is -0.590. The maximum atomic E-state index is 11.9. The number of carbonyl (C=O) groups excluding carboxylic acids is 1. The van der Waals surface area contributed by atoms with E-state index in [2.05, 4.69) is 29.5 Å². The molecule has 1 unspecified atom stereocenters. The Morgan fingerprint density at radius 2 is 2.19 bits per heavy atom. The molecule has 116 valence electrons. The molecule has 2 fully saturated rings. The summed E-state index contributed by atoms with van der Waals surface area (Å²) in [6.45, 7) is 4.02. The van der Waals surface area contributed by atoms with Gasteiger partial charge in [0.1, 0.15) is 5.60 Å². The molecule has 0 aromatic carbocycles. The third kappa shape index (κ3) is 1.92. The van der Waals surface area contributed by atoms with Crippen LogP contribution in [0, 0.1) is 22.7 Å². The third-order valence-electron chi connectivity index (χ3n) is 6.14. The molecule has 1 heterocycles. The molecule has 21 heavy (non-hydrogen) atoms. The summed E-state index contributed by atoms with van der Waals surface area (Å²) in [5, 5.41) is 9.73. The predicted octanol–water partition coefficient (Wildman–Crippen LogP) is 3.19. The molecule has 0 aromatic heterocycles. The van der Waals surface area contributed by atoms with Crippen LogP contribution in [0.1, 0.15) is 39.5 Å². The zero-order valence-electron chi connectivity index (χ0n) is 12.4. The molecule has 0 bridgehead atoms. The number of hydrogen-bond acceptors (Lipinski definition) is 3. The fourth-order valence-corrected chi connectivity index (χ4v) is 5.91. The van der Waals surface area contributed by atoms with Crippen LogP contribution < -0.4 is 0 Å². The van der Waals surface area contributed by atoms with Crippen molar-refractivity contribution in [1.29, 1.82) is 0 Å². The van der Waals surface area contributed by atoms with Crippen LogP contribution in [0.2, 0.25) is 0 Å². The standard InChI is InChI=1S/C16H21IO4/c1-14-5-3-6-15(2,13(19)20)10(14)4-7-16(9-17)11(14)8-12(18)21-16/h4,7,10-11H,3,5-6,8-9H2,1-2H3,(H,19,20)/t10-,11?,14+,15+,16-/m1/s1. The summed E-state index contributed by atoms with van der Waals surface area (Å²) in [6.07, 6.45) is 6.98. The van der Waals surface area contributed by atoms with Gasteiger partial charge in [-0.05, 0) is 37.2 Å². The molecule has 0 aromatic rings. The smallest absolute Gasteiger partial charge is 0.309 e. The average molecular weight is 404 g/mol. The third-order valence-corrected chi connectivity index (χ3v) is 7.33. The minimum absolute atomic E-state index is 0.0353. The van der Waals surface area contributed by atoms with Crippen molar-refractivity contribution in [3.63, 3.8) is 0 Å². The van der Waals surface area contributed by atoms with Gasteiger partial charge in [-0.15, -0.1) is 0 Å². The van der Waals surface area contributed by atoms with E-state index in [4.69, 9.17) is 4.74 Å². The summed E-state index contributed by atoms with van der Waals surface area (Å²) in [5.74, 6) is -0.823. The minimum atomic E-state index is -0.743. The monoisotopic (exact) mass is 404 g/mol. The molecule has 1 saturated heterocycles. The molecular formula is C16H21IO4. The van der Waals surface area contributed by atoms with E-state index in [0.717, 1.165) is 17.3 Å². The van der Waals surface area contributed by atoms with Crippen LogP contribution in [-0.2, 0) is 14.3 Å². The molecule has 1 aliphatic heterocycles. The number of carbonyl (C=O) groups is 2. The van der Waals surface area contributed by atoms with Gasteiger partial charge in [0.05, 0.1) is 11.8 Å². The predicted molar refractivity (Wildman–Crippen MR) is 86.1 cm³/mol. The Labute approximate surface area is 138 Å². The lowest BCUT2D eigenvalue weighted by molar-refractivity contribution is -0.163. The summed E-state index contributed by atoms with van der Waals surface area (Å²) in [5.41, 5.74) is -1.45. The Morgan fingerprint density at radius 1 is 1.48 bits per heavy atom. The lowest BCUT2D eigenvalue weighted by Gasteiger charge is -2.56. The maximum Gasteiger partial charge on any atom is 0.309 e. The van der Waals surface area contributed by atoms with Crippen LogP contribution in [0.4, 0.5) is 0 Å². The first-order chi connectivity index (χ1) is 9.78. The van der Waals surface area contributed by atoms with Gasteiger partial charge in [-0.2, -0.15) is 0 Å². The number of hydrogen-bond donors (Lipinski definition) is 1. The highest BCUT2D eigenvalue weighted by Gasteiger charge is 2.64. The normalized spacial score (nSPS) is 48.4. The Balaban J connectivity index is 2.11. The Bertz CT molecular complexity index is 530. The molecular weight excluding hydrogens is 383 g/mol. The zero-order chi connectivity index (χ0) is 15.5. The van der Waals surface area contributed by atoms with Gasteiger partial charge in [0.25, 0.3) is 0 Å². The molecule has 0 amide bonds. The number of rotatable bonds is 2. The van der Waals surface area contributed by atoms with Gasteiger partial charge in [-0.25, -0.2) is 0 Å². The summed E-state index contributed by atoms with van der Waals surface area (Å²) < 4.78 is 6.39. The molecule has 4 nitrogen and oxygen atoms in total. The van der Waals surface area contributed by atoms with Gasteiger partial charge in [-0.3, -0.25) is 9.59 Å². The molecule has 5 atom stereocenters. The topological polar surface area (TPSA) is 63.6 Å². The van der Waals surface area contributed by atoms with Crippen molar-refractivity contribution in [2.75, 3.05) is 4.43 Å². The summed E-state index contributed by atoms with van der Waals surface area (Å²) in [6, 6.07) is 0. The second-order valence-electron chi connectivity index (χ2n) is 7.24. The van der Waals surface area contributed by atoms with E-state index in [1.54, 1.807) is 0 Å².